The fraction of sp³-hybridized carbons (Fsp3) is 0.538. The first-order valence-electron chi connectivity index (χ1n) is 6.03. The molecule has 0 saturated heterocycles. The van der Waals surface area contributed by atoms with Crippen molar-refractivity contribution < 1.29 is 17.9 Å². The van der Waals surface area contributed by atoms with E-state index in [0.29, 0.717) is 19.6 Å². The highest BCUT2D eigenvalue weighted by atomic mass is 19.4. The summed E-state index contributed by atoms with van der Waals surface area (Å²) < 4.78 is 43.1. The maximum absolute atomic E-state index is 12.6. The molecule has 0 radical (unpaired) electrons. The molecule has 0 heterocycles. The zero-order valence-corrected chi connectivity index (χ0v) is 9.96. The average Bonchev–Trinajstić information content (AvgIpc) is 3.10. The van der Waals surface area contributed by atoms with Crippen molar-refractivity contribution >= 4 is 0 Å². The molecule has 2 rings (SSSR count). The molecule has 5 heteroatoms. The van der Waals surface area contributed by atoms with Gasteiger partial charge in [0.05, 0.1) is 6.61 Å². The molecule has 100 valence electrons. The highest BCUT2D eigenvalue weighted by Gasteiger charge is 2.62. The molecule has 0 aromatic heterocycles. The highest BCUT2D eigenvalue weighted by Crippen LogP contribution is 2.48. The molecule has 0 bridgehead atoms. The van der Waals surface area contributed by atoms with Crippen molar-refractivity contribution in [2.75, 3.05) is 13.2 Å². The Morgan fingerprint density at radius 3 is 2.39 bits per heavy atom. The number of rotatable bonds is 6. The maximum Gasteiger partial charge on any atom is 0.406 e. The lowest BCUT2D eigenvalue weighted by atomic mass is 10.2. The molecule has 1 N–H and O–H groups in total. The molecular formula is C13H16F3NO. The molecule has 1 aliphatic rings. The van der Waals surface area contributed by atoms with E-state index in [0.717, 1.165) is 5.75 Å². The molecule has 1 aromatic carbocycles. The van der Waals surface area contributed by atoms with Crippen molar-refractivity contribution in [3.05, 3.63) is 30.3 Å². The molecule has 0 atom stereocenters. The Hall–Kier alpha value is -1.23. The van der Waals surface area contributed by atoms with Gasteiger partial charge in [-0.1, -0.05) is 18.2 Å². The standard InChI is InChI=1S/C13H16F3NO/c14-13(15,16)12(7-8-12)17-9-4-10-18-11-5-2-1-3-6-11/h1-3,5-6,17H,4,7-10H2. The lowest BCUT2D eigenvalue weighted by Crippen LogP contribution is -2.45. The number of hydrogen-bond donors (Lipinski definition) is 1. The number of hydrogen-bond acceptors (Lipinski definition) is 2. The fourth-order valence-electron chi connectivity index (χ4n) is 1.79. The number of para-hydroxylation sites is 1. The topological polar surface area (TPSA) is 21.3 Å². The second-order valence-corrected chi connectivity index (χ2v) is 4.52. The van der Waals surface area contributed by atoms with Gasteiger partial charge in [0.15, 0.2) is 0 Å². The quantitative estimate of drug-likeness (QED) is 0.792. The summed E-state index contributed by atoms with van der Waals surface area (Å²) in [5, 5.41) is 2.59. The van der Waals surface area contributed by atoms with E-state index in [-0.39, 0.29) is 12.8 Å². The summed E-state index contributed by atoms with van der Waals surface area (Å²) in [6.45, 7) is 0.747. The monoisotopic (exact) mass is 259 g/mol. The Morgan fingerprint density at radius 2 is 1.83 bits per heavy atom. The minimum absolute atomic E-state index is 0.191. The fourth-order valence-corrected chi connectivity index (χ4v) is 1.79. The molecule has 0 unspecified atom stereocenters. The Kier molecular flexibility index (Phi) is 3.80. The van der Waals surface area contributed by atoms with E-state index < -0.39 is 11.7 Å². The predicted molar refractivity (Wildman–Crippen MR) is 62.6 cm³/mol. The number of alkyl halides is 3. The summed E-state index contributed by atoms with van der Waals surface area (Å²) in [7, 11) is 0. The molecule has 1 fully saturated rings. The number of benzene rings is 1. The molecule has 0 spiro atoms. The third-order valence-corrected chi connectivity index (χ3v) is 3.09. The number of halogens is 3. The first kappa shape index (κ1) is 13.2. The van der Waals surface area contributed by atoms with Crippen LogP contribution in [0.15, 0.2) is 30.3 Å². The van der Waals surface area contributed by atoms with Gasteiger partial charge < -0.3 is 10.1 Å². The van der Waals surface area contributed by atoms with Crippen LogP contribution in [0.5, 0.6) is 5.75 Å². The lowest BCUT2D eigenvalue weighted by Gasteiger charge is -2.20. The maximum atomic E-state index is 12.6. The van der Waals surface area contributed by atoms with Gasteiger partial charge in [-0.05, 0) is 37.9 Å². The lowest BCUT2D eigenvalue weighted by molar-refractivity contribution is -0.165. The third kappa shape index (κ3) is 3.16. The van der Waals surface area contributed by atoms with Gasteiger partial charge in [-0.25, -0.2) is 0 Å². The van der Waals surface area contributed by atoms with Gasteiger partial charge >= 0.3 is 6.18 Å². The van der Waals surface area contributed by atoms with Gasteiger partial charge in [0.25, 0.3) is 0 Å². The van der Waals surface area contributed by atoms with E-state index in [9.17, 15) is 13.2 Å². The van der Waals surface area contributed by atoms with E-state index in [2.05, 4.69) is 5.32 Å². The summed E-state index contributed by atoms with van der Waals surface area (Å²) in [5.74, 6) is 0.745. The molecule has 2 nitrogen and oxygen atoms in total. The number of ether oxygens (including phenoxy) is 1. The van der Waals surface area contributed by atoms with E-state index in [1.165, 1.54) is 0 Å². The van der Waals surface area contributed by atoms with Gasteiger partial charge in [-0.15, -0.1) is 0 Å². The van der Waals surface area contributed by atoms with Crippen molar-refractivity contribution in [3.8, 4) is 5.75 Å². The van der Waals surface area contributed by atoms with E-state index in [4.69, 9.17) is 4.74 Å². The number of nitrogens with one attached hydrogen (secondary N) is 1. The van der Waals surface area contributed by atoms with Gasteiger partial charge in [0.2, 0.25) is 0 Å². The van der Waals surface area contributed by atoms with Crippen molar-refractivity contribution in [1.29, 1.82) is 0 Å². The van der Waals surface area contributed by atoms with Crippen molar-refractivity contribution in [1.82, 2.24) is 5.32 Å². The zero-order chi connectivity index (χ0) is 13.1. The summed E-state index contributed by atoms with van der Waals surface area (Å²) in [5.41, 5.74) is -1.61. The van der Waals surface area contributed by atoms with Gasteiger partial charge in [-0.3, -0.25) is 0 Å². The first-order chi connectivity index (χ1) is 8.54. The Balaban J connectivity index is 1.63. The summed E-state index contributed by atoms with van der Waals surface area (Å²) >= 11 is 0. The van der Waals surface area contributed by atoms with Crippen molar-refractivity contribution in [2.24, 2.45) is 0 Å². The minimum Gasteiger partial charge on any atom is -0.494 e. The van der Waals surface area contributed by atoms with Gasteiger partial charge in [0, 0.05) is 0 Å². The molecule has 0 aliphatic heterocycles. The van der Waals surface area contributed by atoms with E-state index in [1.54, 1.807) is 0 Å². The summed E-state index contributed by atoms with van der Waals surface area (Å²) in [6, 6.07) is 9.25. The van der Waals surface area contributed by atoms with Crippen LogP contribution in [0.3, 0.4) is 0 Å². The molecule has 1 aromatic rings. The van der Waals surface area contributed by atoms with Crippen LogP contribution in [0, 0.1) is 0 Å². The molecule has 18 heavy (non-hydrogen) atoms. The van der Waals surface area contributed by atoms with E-state index in [1.807, 2.05) is 30.3 Å². The average molecular weight is 259 g/mol. The molecule has 1 aliphatic carbocycles. The summed E-state index contributed by atoms with van der Waals surface area (Å²) in [6.07, 6.45) is -3.19. The van der Waals surface area contributed by atoms with Crippen LogP contribution in [0.1, 0.15) is 19.3 Å². The highest BCUT2D eigenvalue weighted by molar-refractivity contribution is 5.20. The van der Waals surface area contributed by atoms with Crippen LogP contribution >= 0.6 is 0 Å². The predicted octanol–water partition coefficient (Wildman–Crippen LogP) is 3.14. The third-order valence-electron chi connectivity index (χ3n) is 3.09. The van der Waals surface area contributed by atoms with Crippen LogP contribution in [0.2, 0.25) is 0 Å². The second kappa shape index (κ2) is 5.18. The first-order valence-corrected chi connectivity index (χ1v) is 6.03. The van der Waals surface area contributed by atoms with Gasteiger partial charge in [-0.2, -0.15) is 13.2 Å². The molecule has 1 saturated carbocycles. The zero-order valence-electron chi connectivity index (χ0n) is 9.96. The van der Waals surface area contributed by atoms with Crippen LogP contribution in [-0.2, 0) is 0 Å². The molecular weight excluding hydrogens is 243 g/mol. The largest absolute Gasteiger partial charge is 0.494 e. The second-order valence-electron chi connectivity index (χ2n) is 4.52. The van der Waals surface area contributed by atoms with Crippen molar-refractivity contribution in [2.45, 2.75) is 31.0 Å². The van der Waals surface area contributed by atoms with Crippen molar-refractivity contribution in [3.63, 3.8) is 0 Å². The minimum atomic E-state index is -4.13. The summed E-state index contributed by atoms with van der Waals surface area (Å²) in [4.78, 5) is 0. The normalized spacial score (nSPS) is 17.5. The molecule has 0 amide bonds. The van der Waals surface area contributed by atoms with Crippen LogP contribution in [0.25, 0.3) is 0 Å². The SMILES string of the molecule is FC(F)(F)C1(NCCCOc2ccccc2)CC1. The van der Waals surface area contributed by atoms with Crippen LogP contribution in [0.4, 0.5) is 13.2 Å². The van der Waals surface area contributed by atoms with Gasteiger partial charge in [0.1, 0.15) is 11.3 Å². The van der Waals surface area contributed by atoms with Crippen LogP contribution in [-0.4, -0.2) is 24.9 Å². The Bertz CT molecular complexity index is 374. The Morgan fingerprint density at radius 1 is 1.17 bits per heavy atom. The Labute approximate surface area is 104 Å². The smallest absolute Gasteiger partial charge is 0.406 e. The van der Waals surface area contributed by atoms with Crippen LogP contribution < -0.4 is 10.1 Å². The van der Waals surface area contributed by atoms with E-state index >= 15 is 0 Å².